The Morgan fingerprint density at radius 3 is 2.21 bits per heavy atom. The van der Waals surface area contributed by atoms with E-state index < -0.39 is 23.4 Å². The third-order valence-electron chi connectivity index (χ3n) is 7.27. The van der Waals surface area contributed by atoms with E-state index >= 15 is 0 Å². The number of carbonyl (C=O) groups excluding carboxylic acids is 3. The van der Waals surface area contributed by atoms with Gasteiger partial charge in [0, 0.05) is 25.0 Å². The lowest BCUT2D eigenvalue weighted by atomic mass is 10.0. The first-order chi connectivity index (χ1) is 20.8. The quantitative estimate of drug-likeness (QED) is 0.205. The SMILES string of the molecule is Cc1ccc(C2Sc3cc(C)ccc3N(CCN(C)C(=O)OCc3ccccc3)C(=O)C2OC(=O)c2ccccc2)cc1. The smallest absolute Gasteiger partial charge is 0.409 e. The number of esters is 1. The fraction of sp³-hybridized carbons (Fsp3) is 0.229. The number of aryl methyl sites for hydroxylation is 2. The van der Waals surface area contributed by atoms with Gasteiger partial charge in [-0.2, -0.15) is 0 Å². The van der Waals surface area contributed by atoms with Crippen LogP contribution < -0.4 is 4.90 Å². The summed E-state index contributed by atoms with van der Waals surface area (Å²) in [4.78, 5) is 44.5. The first kappa shape index (κ1) is 29.9. The number of thioether (sulfide) groups is 1. The highest BCUT2D eigenvalue weighted by Gasteiger charge is 2.41. The van der Waals surface area contributed by atoms with Crippen LogP contribution in [-0.4, -0.2) is 49.1 Å². The van der Waals surface area contributed by atoms with Gasteiger partial charge < -0.3 is 19.3 Å². The molecule has 0 saturated carbocycles. The van der Waals surface area contributed by atoms with Crippen molar-refractivity contribution < 1.29 is 23.9 Å². The Bertz CT molecular complexity index is 1580. The topological polar surface area (TPSA) is 76.2 Å². The molecule has 43 heavy (non-hydrogen) atoms. The highest BCUT2D eigenvalue weighted by atomic mass is 32.2. The summed E-state index contributed by atoms with van der Waals surface area (Å²) in [5.41, 5.74) is 4.98. The molecule has 220 valence electrons. The minimum Gasteiger partial charge on any atom is -0.447 e. The Labute approximate surface area is 256 Å². The van der Waals surface area contributed by atoms with Crippen molar-refractivity contribution in [1.82, 2.24) is 4.90 Å². The molecule has 0 radical (unpaired) electrons. The van der Waals surface area contributed by atoms with E-state index in [0.29, 0.717) is 11.3 Å². The number of hydrogen-bond acceptors (Lipinski definition) is 6. The number of hydrogen-bond donors (Lipinski definition) is 0. The van der Waals surface area contributed by atoms with Crippen LogP contribution in [0.5, 0.6) is 0 Å². The largest absolute Gasteiger partial charge is 0.447 e. The van der Waals surface area contributed by atoms with Crippen LogP contribution in [0, 0.1) is 13.8 Å². The van der Waals surface area contributed by atoms with E-state index in [1.165, 1.54) is 16.7 Å². The summed E-state index contributed by atoms with van der Waals surface area (Å²) >= 11 is 1.51. The lowest BCUT2D eigenvalue weighted by molar-refractivity contribution is -0.127. The zero-order valence-corrected chi connectivity index (χ0v) is 25.3. The molecule has 8 heteroatoms. The van der Waals surface area contributed by atoms with Crippen LogP contribution in [-0.2, 0) is 20.9 Å². The first-order valence-electron chi connectivity index (χ1n) is 14.1. The van der Waals surface area contributed by atoms with E-state index in [2.05, 4.69) is 0 Å². The van der Waals surface area contributed by atoms with Crippen LogP contribution >= 0.6 is 11.8 Å². The summed E-state index contributed by atoms with van der Waals surface area (Å²) in [6.45, 7) is 4.56. The molecule has 0 fully saturated rings. The summed E-state index contributed by atoms with van der Waals surface area (Å²) in [5, 5.41) is -0.486. The monoisotopic (exact) mass is 594 g/mol. The summed E-state index contributed by atoms with van der Waals surface area (Å²) in [7, 11) is 1.64. The van der Waals surface area contributed by atoms with Crippen LogP contribution in [0.2, 0.25) is 0 Å². The molecule has 4 aromatic rings. The van der Waals surface area contributed by atoms with Crippen molar-refractivity contribution in [1.29, 1.82) is 0 Å². The molecule has 2 unspecified atom stereocenters. The molecule has 1 heterocycles. The van der Waals surface area contributed by atoms with Crippen LogP contribution in [0.25, 0.3) is 0 Å². The second-order valence-electron chi connectivity index (χ2n) is 10.6. The number of fused-ring (bicyclic) bond motifs is 1. The maximum atomic E-state index is 14.4. The summed E-state index contributed by atoms with van der Waals surface area (Å²) in [6.07, 6.45) is -1.60. The third-order valence-corrected chi connectivity index (χ3v) is 8.62. The van der Waals surface area contributed by atoms with E-state index in [-0.39, 0.29) is 25.6 Å². The van der Waals surface area contributed by atoms with Gasteiger partial charge in [0.25, 0.3) is 5.91 Å². The molecule has 4 aromatic carbocycles. The van der Waals surface area contributed by atoms with Gasteiger partial charge >= 0.3 is 12.1 Å². The van der Waals surface area contributed by atoms with Crippen molar-refractivity contribution in [2.45, 2.75) is 36.7 Å². The molecule has 0 aromatic heterocycles. The average molecular weight is 595 g/mol. The minimum atomic E-state index is -1.11. The molecular weight excluding hydrogens is 560 g/mol. The lowest BCUT2D eigenvalue weighted by Crippen LogP contribution is -2.46. The van der Waals surface area contributed by atoms with Crippen LogP contribution in [0.15, 0.2) is 108 Å². The minimum absolute atomic E-state index is 0.154. The predicted molar refractivity (Wildman–Crippen MR) is 168 cm³/mol. The fourth-order valence-corrected chi connectivity index (χ4v) is 6.22. The Balaban J connectivity index is 1.43. The molecule has 2 amide bonds. The number of carbonyl (C=O) groups is 3. The zero-order valence-electron chi connectivity index (χ0n) is 24.4. The number of amides is 2. The van der Waals surface area contributed by atoms with Crippen molar-refractivity contribution in [3.63, 3.8) is 0 Å². The molecule has 1 aliphatic rings. The number of likely N-dealkylation sites (N-methyl/N-ethyl adjacent to an activating group) is 1. The molecule has 0 spiro atoms. The predicted octanol–water partition coefficient (Wildman–Crippen LogP) is 6.98. The van der Waals surface area contributed by atoms with Gasteiger partial charge in [-0.05, 0) is 54.8 Å². The standard InChI is InChI=1S/C35H34N2O5S/c1-24-14-17-27(18-15-24)32-31(42-34(39)28-12-8-5-9-13-28)33(38)37(29-19-16-25(2)22-30(29)43-32)21-20-36(3)35(40)41-23-26-10-6-4-7-11-26/h4-19,22,31-32H,20-21,23H2,1-3H3. The number of rotatable bonds is 8. The van der Waals surface area contributed by atoms with Gasteiger partial charge in [0.15, 0.2) is 6.10 Å². The maximum absolute atomic E-state index is 14.4. The number of anilines is 1. The molecule has 1 aliphatic heterocycles. The number of benzene rings is 4. The average Bonchev–Trinajstić information content (AvgIpc) is 3.13. The van der Waals surface area contributed by atoms with Gasteiger partial charge in [0.1, 0.15) is 6.61 Å². The van der Waals surface area contributed by atoms with E-state index in [1.54, 1.807) is 36.2 Å². The van der Waals surface area contributed by atoms with Gasteiger partial charge in [0.05, 0.1) is 16.5 Å². The molecule has 0 N–H and O–H groups in total. The van der Waals surface area contributed by atoms with Crippen LogP contribution in [0.4, 0.5) is 10.5 Å². The van der Waals surface area contributed by atoms with Crippen molar-refractivity contribution in [2.75, 3.05) is 25.0 Å². The van der Waals surface area contributed by atoms with Crippen molar-refractivity contribution in [3.8, 4) is 0 Å². The Kier molecular flexibility index (Phi) is 9.47. The second-order valence-corrected chi connectivity index (χ2v) is 11.7. The van der Waals surface area contributed by atoms with Gasteiger partial charge in [-0.3, -0.25) is 4.79 Å². The van der Waals surface area contributed by atoms with E-state index in [0.717, 1.165) is 27.1 Å². The lowest BCUT2D eigenvalue weighted by Gasteiger charge is -2.29. The highest BCUT2D eigenvalue weighted by molar-refractivity contribution is 7.99. The molecule has 5 rings (SSSR count). The molecule has 0 bridgehead atoms. The number of ether oxygens (including phenoxy) is 2. The summed E-state index contributed by atoms with van der Waals surface area (Å²) in [6, 6.07) is 32.0. The van der Waals surface area contributed by atoms with Crippen LogP contribution in [0.3, 0.4) is 0 Å². The van der Waals surface area contributed by atoms with E-state index in [9.17, 15) is 14.4 Å². The normalized spacial score (nSPS) is 16.2. The Morgan fingerprint density at radius 1 is 0.860 bits per heavy atom. The van der Waals surface area contributed by atoms with Gasteiger partial charge in [0.2, 0.25) is 0 Å². The Hall–Kier alpha value is -4.56. The molecule has 7 nitrogen and oxygen atoms in total. The maximum Gasteiger partial charge on any atom is 0.409 e. The first-order valence-corrected chi connectivity index (χ1v) is 15.0. The van der Waals surface area contributed by atoms with E-state index in [1.807, 2.05) is 92.7 Å². The van der Waals surface area contributed by atoms with Crippen LogP contribution in [0.1, 0.15) is 37.9 Å². The zero-order chi connectivity index (χ0) is 30.3. The summed E-state index contributed by atoms with van der Waals surface area (Å²) < 4.78 is 11.5. The molecule has 2 atom stereocenters. The van der Waals surface area contributed by atoms with Gasteiger partial charge in [-0.15, -0.1) is 11.8 Å². The molecule has 0 saturated heterocycles. The van der Waals surface area contributed by atoms with Crippen molar-refractivity contribution in [3.05, 3.63) is 131 Å². The second kappa shape index (κ2) is 13.6. The van der Waals surface area contributed by atoms with Crippen molar-refractivity contribution >= 4 is 35.4 Å². The number of nitrogens with zero attached hydrogens (tertiary/aromatic N) is 2. The van der Waals surface area contributed by atoms with E-state index in [4.69, 9.17) is 9.47 Å². The van der Waals surface area contributed by atoms with Gasteiger partial charge in [-0.1, -0.05) is 84.4 Å². The van der Waals surface area contributed by atoms with Crippen molar-refractivity contribution in [2.24, 2.45) is 0 Å². The third kappa shape index (κ3) is 7.27. The highest BCUT2D eigenvalue weighted by Crippen LogP contribution is 2.47. The van der Waals surface area contributed by atoms with Gasteiger partial charge in [-0.25, -0.2) is 9.59 Å². The molecular formula is C35H34N2O5S. The molecule has 0 aliphatic carbocycles. The Morgan fingerprint density at radius 2 is 1.51 bits per heavy atom. The summed E-state index contributed by atoms with van der Waals surface area (Å²) in [5.74, 6) is -0.920. The fourth-order valence-electron chi connectivity index (χ4n) is 4.81.